The van der Waals surface area contributed by atoms with Gasteiger partial charge in [-0.1, -0.05) is 0 Å². The van der Waals surface area contributed by atoms with Crippen LogP contribution in [0.15, 0.2) is 0 Å². The summed E-state index contributed by atoms with van der Waals surface area (Å²) in [5, 5.41) is 3.18. The summed E-state index contributed by atoms with van der Waals surface area (Å²) >= 11 is 0. The molecule has 0 radical (unpaired) electrons. The quantitative estimate of drug-likeness (QED) is 0.763. The fourth-order valence-corrected chi connectivity index (χ4v) is 4.62. The molecule has 0 aliphatic heterocycles. The Labute approximate surface area is 89.6 Å². The van der Waals surface area contributed by atoms with Gasteiger partial charge in [-0.3, -0.25) is 0 Å². The third-order valence-corrected chi connectivity index (χ3v) is 4.67. The van der Waals surface area contributed by atoms with Gasteiger partial charge < -0.3 is 5.32 Å². The van der Waals surface area contributed by atoms with Crippen LogP contribution in [0, 0.1) is 17.8 Å². The van der Waals surface area contributed by atoms with Gasteiger partial charge in [0.1, 0.15) is 0 Å². The molecule has 4 aliphatic carbocycles. The van der Waals surface area contributed by atoms with Crippen LogP contribution in [-0.4, -0.2) is 18.5 Å². The minimum absolute atomic E-state index is 0.102. The van der Waals surface area contributed by atoms with E-state index in [9.17, 15) is 8.78 Å². The zero-order valence-corrected chi connectivity index (χ0v) is 9.02. The molecule has 0 unspecified atom stereocenters. The summed E-state index contributed by atoms with van der Waals surface area (Å²) in [4.78, 5) is 0. The lowest BCUT2D eigenvalue weighted by Gasteiger charge is -2.57. The van der Waals surface area contributed by atoms with Gasteiger partial charge >= 0.3 is 0 Å². The molecular weight excluding hydrogens is 196 g/mol. The van der Waals surface area contributed by atoms with E-state index in [1.165, 1.54) is 19.3 Å². The molecule has 0 saturated heterocycles. The van der Waals surface area contributed by atoms with Crippen LogP contribution in [0.25, 0.3) is 0 Å². The predicted molar refractivity (Wildman–Crippen MR) is 54.9 cm³/mol. The normalized spacial score (nSPS) is 47.8. The van der Waals surface area contributed by atoms with Crippen LogP contribution in [0.5, 0.6) is 0 Å². The highest BCUT2D eigenvalue weighted by Crippen LogP contribution is 2.55. The molecule has 0 spiro atoms. The molecule has 1 nitrogen and oxygen atoms in total. The molecule has 0 aromatic carbocycles. The fraction of sp³-hybridized carbons (Fsp3) is 1.00. The third-order valence-electron chi connectivity index (χ3n) is 4.67. The number of hydrogen-bond acceptors (Lipinski definition) is 1. The molecule has 4 fully saturated rings. The molecule has 4 bridgehead atoms. The third kappa shape index (κ3) is 1.79. The van der Waals surface area contributed by atoms with E-state index in [0.717, 1.165) is 37.0 Å². The first-order valence-electron chi connectivity index (χ1n) is 6.18. The second-order valence-electron chi connectivity index (χ2n) is 5.97. The van der Waals surface area contributed by atoms with Crippen LogP contribution in [0.4, 0.5) is 8.78 Å². The van der Waals surface area contributed by atoms with Gasteiger partial charge in [0.15, 0.2) is 0 Å². The molecule has 3 heteroatoms. The fourth-order valence-electron chi connectivity index (χ4n) is 4.62. The Morgan fingerprint density at radius 2 is 1.47 bits per heavy atom. The van der Waals surface area contributed by atoms with Crippen molar-refractivity contribution in [1.82, 2.24) is 5.32 Å². The second-order valence-corrected chi connectivity index (χ2v) is 5.97. The molecule has 4 rings (SSSR count). The molecule has 0 aromatic rings. The number of nitrogens with one attached hydrogen (secondary N) is 1. The Hall–Kier alpha value is -0.180. The number of halogens is 2. The average Bonchev–Trinajstić information content (AvgIpc) is 2.12. The topological polar surface area (TPSA) is 12.0 Å². The van der Waals surface area contributed by atoms with Crippen LogP contribution >= 0.6 is 0 Å². The van der Waals surface area contributed by atoms with Gasteiger partial charge in [0, 0.05) is 5.54 Å². The van der Waals surface area contributed by atoms with E-state index >= 15 is 0 Å². The van der Waals surface area contributed by atoms with Gasteiger partial charge in [-0.05, 0) is 56.3 Å². The molecular formula is C12H19F2N. The first-order chi connectivity index (χ1) is 7.15. The zero-order chi connectivity index (χ0) is 10.5. The van der Waals surface area contributed by atoms with E-state index in [4.69, 9.17) is 0 Å². The van der Waals surface area contributed by atoms with E-state index in [0.29, 0.717) is 0 Å². The standard InChI is InChI=1S/C12H19F2N/c13-11(14)7-15-12-4-8-1-9(5-12)3-10(2-8)6-12/h8-11,15H,1-7H2. The second kappa shape index (κ2) is 3.41. The molecule has 4 saturated carbocycles. The smallest absolute Gasteiger partial charge is 0.250 e. The highest BCUT2D eigenvalue weighted by atomic mass is 19.3. The molecule has 1 N–H and O–H groups in total. The highest BCUT2D eigenvalue weighted by Gasteiger charge is 2.50. The van der Waals surface area contributed by atoms with Gasteiger partial charge in [0.2, 0.25) is 0 Å². The van der Waals surface area contributed by atoms with Crippen molar-refractivity contribution in [3.63, 3.8) is 0 Å². The van der Waals surface area contributed by atoms with Crippen molar-refractivity contribution in [1.29, 1.82) is 0 Å². The van der Waals surface area contributed by atoms with Crippen LogP contribution in [0.3, 0.4) is 0 Å². The van der Waals surface area contributed by atoms with E-state index < -0.39 is 6.43 Å². The monoisotopic (exact) mass is 215 g/mol. The van der Waals surface area contributed by atoms with Crippen LogP contribution in [0.1, 0.15) is 38.5 Å². The van der Waals surface area contributed by atoms with Gasteiger partial charge in [-0.25, -0.2) is 8.78 Å². The number of alkyl halides is 2. The first kappa shape index (κ1) is 10.0. The summed E-state index contributed by atoms with van der Waals surface area (Å²) in [7, 11) is 0. The first-order valence-corrected chi connectivity index (χ1v) is 6.18. The SMILES string of the molecule is FC(F)CNC12CC3CC(CC(C3)C1)C2. The molecule has 4 aliphatic rings. The van der Waals surface area contributed by atoms with Gasteiger partial charge in [-0.2, -0.15) is 0 Å². The van der Waals surface area contributed by atoms with E-state index in [2.05, 4.69) is 5.32 Å². The summed E-state index contributed by atoms with van der Waals surface area (Å²) in [6.45, 7) is -0.105. The van der Waals surface area contributed by atoms with Crippen molar-refractivity contribution in [3.8, 4) is 0 Å². The number of hydrogen-bond donors (Lipinski definition) is 1. The minimum Gasteiger partial charge on any atom is -0.306 e. The summed E-state index contributed by atoms with van der Waals surface area (Å²) in [6, 6.07) is 0. The molecule has 15 heavy (non-hydrogen) atoms. The lowest BCUT2D eigenvalue weighted by molar-refractivity contribution is -0.0266. The average molecular weight is 215 g/mol. The Morgan fingerprint density at radius 1 is 1.00 bits per heavy atom. The van der Waals surface area contributed by atoms with Crippen molar-refractivity contribution >= 4 is 0 Å². The van der Waals surface area contributed by atoms with Crippen LogP contribution in [-0.2, 0) is 0 Å². The Kier molecular flexibility index (Phi) is 2.27. The molecule has 0 heterocycles. The molecule has 86 valence electrons. The maximum absolute atomic E-state index is 12.3. The van der Waals surface area contributed by atoms with Crippen molar-refractivity contribution < 1.29 is 8.78 Å². The minimum atomic E-state index is -2.20. The lowest BCUT2D eigenvalue weighted by atomic mass is 9.53. The molecule has 0 atom stereocenters. The summed E-state index contributed by atoms with van der Waals surface area (Å²) in [5.41, 5.74) is 0.102. The van der Waals surface area contributed by atoms with Crippen molar-refractivity contribution in [2.24, 2.45) is 17.8 Å². The molecule has 0 aromatic heterocycles. The van der Waals surface area contributed by atoms with Gasteiger partial charge in [0.05, 0.1) is 6.54 Å². The van der Waals surface area contributed by atoms with E-state index in [1.807, 2.05) is 0 Å². The van der Waals surface area contributed by atoms with E-state index in [1.54, 1.807) is 0 Å². The van der Waals surface area contributed by atoms with Crippen molar-refractivity contribution in [3.05, 3.63) is 0 Å². The van der Waals surface area contributed by atoms with E-state index in [-0.39, 0.29) is 12.1 Å². The Bertz CT molecular complexity index is 217. The highest BCUT2D eigenvalue weighted by molar-refractivity contribution is 5.06. The predicted octanol–water partition coefficient (Wildman–Crippen LogP) is 2.81. The largest absolute Gasteiger partial charge is 0.306 e. The van der Waals surface area contributed by atoms with Gasteiger partial charge in [-0.15, -0.1) is 0 Å². The van der Waals surface area contributed by atoms with Crippen molar-refractivity contribution in [2.45, 2.75) is 50.5 Å². The summed E-state index contributed by atoms with van der Waals surface area (Å²) in [5.74, 6) is 2.50. The number of rotatable bonds is 3. The van der Waals surface area contributed by atoms with Crippen molar-refractivity contribution in [2.75, 3.05) is 6.54 Å². The summed E-state index contributed by atoms with van der Waals surface area (Å²) < 4.78 is 24.5. The van der Waals surface area contributed by atoms with Crippen LogP contribution < -0.4 is 5.32 Å². The maximum atomic E-state index is 12.3. The summed E-state index contributed by atoms with van der Waals surface area (Å²) in [6.07, 6.45) is 5.39. The van der Waals surface area contributed by atoms with Crippen LogP contribution in [0.2, 0.25) is 0 Å². The lowest BCUT2D eigenvalue weighted by Crippen LogP contribution is -2.59. The maximum Gasteiger partial charge on any atom is 0.250 e. The zero-order valence-electron chi connectivity index (χ0n) is 9.02. The Morgan fingerprint density at radius 3 is 1.87 bits per heavy atom. The molecule has 0 amide bonds. The Balaban J connectivity index is 1.70. The van der Waals surface area contributed by atoms with Gasteiger partial charge in [0.25, 0.3) is 6.43 Å².